The first kappa shape index (κ1) is 34.0. The van der Waals surface area contributed by atoms with E-state index in [1.54, 1.807) is 48.5 Å². The summed E-state index contributed by atoms with van der Waals surface area (Å²) in [6, 6.07) is 20.2. The lowest BCUT2D eigenvalue weighted by atomic mass is 10.0. The first-order valence-corrected chi connectivity index (χ1v) is 17.0. The maximum absolute atomic E-state index is 14.4. The molecule has 0 radical (unpaired) electrons. The van der Waals surface area contributed by atoms with E-state index < -0.39 is 34.1 Å². The molecule has 0 fully saturated rings. The van der Waals surface area contributed by atoms with Crippen LogP contribution in [0.25, 0.3) is 0 Å². The minimum atomic E-state index is -4.21. The first-order valence-electron chi connectivity index (χ1n) is 14.4. The van der Waals surface area contributed by atoms with Crippen molar-refractivity contribution in [2.24, 2.45) is 0 Å². The van der Waals surface area contributed by atoms with E-state index in [0.717, 1.165) is 20.3 Å². The molecular weight excluding hydrogens is 583 g/mol. The number of nitrogens with one attached hydrogen (secondary N) is 1. The van der Waals surface area contributed by atoms with Gasteiger partial charge in [-0.25, -0.2) is 8.42 Å². The molecule has 0 aliphatic carbocycles. The van der Waals surface area contributed by atoms with Crippen molar-refractivity contribution in [3.05, 3.63) is 83.9 Å². The molecule has 2 amide bonds. The fraction of sp³-hybridized carbons (Fsp3) is 0.394. The standard InChI is InChI=1S/C33H43N3O5S2/c1-8-28(32(38)34-33(4,5)6)35(22-25-15-11-10-14-24(25)3)31(37)23-36(29-16-12-13-17-30(29)41-9-2)43(39,40)27-20-18-26(42-7)19-21-27/h10-21,28H,8-9,22-23H2,1-7H3,(H,34,38). The molecule has 0 bridgehead atoms. The summed E-state index contributed by atoms with van der Waals surface area (Å²) in [6.45, 7) is 11.2. The molecule has 0 spiro atoms. The second-order valence-electron chi connectivity index (χ2n) is 11.2. The number of carbonyl (C=O) groups excluding carboxylic acids is 2. The number of anilines is 1. The van der Waals surface area contributed by atoms with Crippen LogP contribution in [0.1, 0.15) is 52.2 Å². The van der Waals surface area contributed by atoms with Crippen molar-refractivity contribution in [3.63, 3.8) is 0 Å². The lowest BCUT2D eigenvalue weighted by molar-refractivity contribution is -0.141. The van der Waals surface area contributed by atoms with Crippen LogP contribution in [0.15, 0.2) is 82.6 Å². The average molecular weight is 626 g/mol. The van der Waals surface area contributed by atoms with Gasteiger partial charge in [0, 0.05) is 17.0 Å². The molecule has 0 aliphatic rings. The third kappa shape index (κ3) is 8.76. The predicted molar refractivity (Wildman–Crippen MR) is 174 cm³/mol. The van der Waals surface area contributed by atoms with Crippen LogP contribution in [0.2, 0.25) is 0 Å². The first-order chi connectivity index (χ1) is 20.3. The zero-order chi connectivity index (χ0) is 31.8. The van der Waals surface area contributed by atoms with Crippen LogP contribution < -0.4 is 14.4 Å². The molecule has 0 aromatic heterocycles. The van der Waals surface area contributed by atoms with Gasteiger partial charge in [-0.1, -0.05) is 43.3 Å². The topological polar surface area (TPSA) is 96.0 Å². The number of nitrogens with zero attached hydrogens (tertiary/aromatic N) is 2. The Balaban J connectivity index is 2.14. The molecule has 0 saturated heterocycles. The number of hydrogen-bond acceptors (Lipinski definition) is 6. The number of benzene rings is 3. The Morgan fingerprint density at radius 1 is 0.953 bits per heavy atom. The Hall–Kier alpha value is -3.50. The molecule has 3 aromatic rings. The van der Waals surface area contributed by atoms with Crippen molar-refractivity contribution in [1.82, 2.24) is 10.2 Å². The highest BCUT2D eigenvalue weighted by Crippen LogP contribution is 2.33. The van der Waals surface area contributed by atoms with Gasteiger partial charge < -0.3 is 15.0 Å². The second-order valence-corrected chi connectivity index (χ2v) is 13.9. The largest absolute Gasteiger partial charge is 0.492 e. The highest BCUT2D eigenvalue weighted by molar-refractivity contribution is 7.98. The normalized spacial score (nSPS) is 12.3. The summed E-state index contributed by atoms with van der Waals surface area (Å²) in [5.74, 6) is -0.464. The summed E-state index contributed by atoms with van der Waals surface area (Å²) in [5, 5.41) is 3.00. The minimum absolute atomic E-state index is 0.0485. The van der Waals surface area contributed by atoms with Gasteiger partial charge in [-0.05, 0) is 94.8 Å². The van der Waals surface area contributed by atoms with Crippen molar-refractivity contribution in [2.75, 3.05) is 23.7 Å². The lowest BCUT2D eigenvalue weighted by Gasteiger charge is -2.35. The van der Waals surface area contributed by atoms with Gasteiger partial charge in [-0.2, -0.15) is 0 Å². The van der Waals surface area contributed by atoms with E-state index in [1.807, 2.05) is 72.1 Å². The summed E-state index contributed by atoms with van der Waals surface area (Å²) in [7, 11) is -4.21. The number of amides is 2. The molecule has 10 heteroatoms. The van der Waals surface area contributed by atoms with E-state index in [4.69, 9.17) is 4.74 Å². The Kier molecular flexibility index (Phi) is 11.7. The number of para-hydroxylation sites is 2. The predicted octanol–water partition coefficient (Wildman–Crippen LogP) is 6.03. The van der Waals surface area contributed by atoms with Crippen LogP contribution in [-0.2, 0) is 26.2 Å². The van der Waals surface area contributed by atoms with Gasteiger partial charge in [-0.15, -0.1) is 11.8 Å². The minimum Gasteiger partial charge on any atom is -0.492 e. The zero-order valence-electron chi connectivity index (χ0n) is 26.1. The average Bonchev–Trinajstić information content (AvgIpc) is 2.96. The smallest absolute Gasteiger partial charge is 0.264 e. The fourth-order valence-corrected chi connectivity index (χ4v) is 6.51. The zero-order valence-corrected chi connectivity index (χ0v) is 27.7. The molecule has 1 N–H and O–H groups in total. The van der Waals surface area contributed by atoms with Gasteiger partial charge in [0.1, 0.15) is 18.3 Å². The van der Waals surface area contributed by atoms with E-state index in [2.05, 4.69) is 5.32 Å². The van der Waals surface area contributed by atoms with E-state index in [0.29, 0.717) is 18.8 Å². The highest BCUT2D eigenvalue weighted by Gasteiger charge is 2.35. The lowest BCUT2D eigenvalue weighted by Crippen LogP contribution is -2.55. The molecule has 0 saturated carbocycles. The van der Waals surface area contributed by atoms with E-state index in [-0.39, 0.29) is 23.0 Å². The molecule has 0 heterocycles. The van der Waals surface area contributed by atoms with Gasteiger partial charge in [0.25, 0.3) is 10.0 Å². The number of ether oxygens (including phenoxy) is 1. The Morgan fingerprint density at radius 3 is 2.16 bits per heavy atom. The van der Waals surface area contributed by atoms with E-state index >= 15 is 0 Å². The summed E-state index contributed by atoms with van der Waals surface area (Å²) in [6.07, 6.45) is 2.26. The van der Waals surface area contributed by atoms with Crippen LogP contribution in [0.4, 0.5) is 5.69 Å². The van der Waals surface area contributed by atoms with E-state index in [9.17, 15) is 18.0 Å². The molecule has 8 nitrogen and oxygen atoms in total. The number of sulfonamides is 1. The Bertz CT molecular complexity index is 1500. The van der Waals surface area contributed by atoms with Crippen LogP contribution in [-0.4, -0.2) is 56.1 Å². The van der Waals surface area contributed by atoms with Crippen LogP contribution in [0.3, 0.4) is 0 Å². The molecule has 3 aromatic carbocycles. The molecule has 0 aliphatic heterocycles. The SMILES string of the molecule is CCOc1ccccc1N(CC(=O)N(Cc1ccccc1C)C(CC)C(=O)NC(C)(C)C)S(=O)(=O)c1ccc(SC)cc1. The summed E-state index contributed by atoms with van der Waals surface area (Å²) in [5.41, 5.74) is 1.56. The second kappa shape index (κ2) is 14.8. The monoisotopic (exact) mass is 625 g/mol. The van der Waals surface area contributed by atoms with Crippen molar-refractivity contribution in [3.8, 4) is 5.75 Å². The third-order valence-corrected chi connectivity index (χ3v) is 9.36. The summed E-state index contributed by atoms with van der Waals surface area (Å²) >= 11 is 1.50. The highest BCUT2D eigenvalue weighted by atomic mass is 32.2. The molecular formula is C33H43N3O5S2. The van der Waals surface area contributed by atoms with Gasteiger partial charge in [0.05, 0.1) is 17.2 Å². The fourth-order valence-electron chi connectivity index (χ4n) is 4.67. The third-order valence-electron chi connectivity index (χ3n) is 6.85. The number of thioether (sulfide) groups is 1. The van der Waals surface area contributed by atoms with Crippen molar-refractivity contribution in [2.45, 2.75) is 75.9 Å². The number of rotatable bonds is 13. The van der Waals surface area contributed by atoms with Crippen molar-refractivity contribution >= 4 is 39.3 Å². The van der Waals surface area contributed by atoms with Crippen LogP contribution >= 0.6 is 11.8 Å². The number of carbonyl (C=O) groups is 2. The number of aryl methyl sites for hydroxylation is 1. The Morgan fingerprint density at radius 2 is 1.58 bits per heavy atom. The number of hydrogen-bond donors (Lipinski definition) is 1. The van der Waals surface area contributed by atoms with Gasteiger partial charge in [-0.3, -0.25) is 13.9 Å². The molecule has 3 rings (SSSR count). The Labute approximate surface area is 260 Å². The molecule has 232 valence electrons. The van der Waals surface area contributed by atoms with Gasteiger partial charge in [0.15, 0.2) is 0 Å². The summed E-state index contributed by atoms with van der Waals surface area (Å²) < 4.78 is 35.4. The van der Waals surface area contributed by atoms with Crippen LogP contribution in [0.5, 0.6) is 5.75 Å². The molecule has 1 unspecified atom stereocenters. The van der Waals surface area contributed by atoms with Crippen molar-refractivity contribution < 1.29 is 22.7 Å². The molecule has 43 heavy (non-hydrogen) atoms. The maximum Gasteiger partial charge on any atom is 0.264 e. The summed E-state index contributed by atoms with van der Waals surface area (Å²) in [4.78, 5) is 30.3. The van der Waals surface area contributed by atoms with Gasteiger partial charge in [0.2, 0.25) is 11.8 Å². The van der Waals surface area contributed by atoms with E-state index in [1.165, 1.54) is 16.7 Å². The van der Waals surface area contributed by atoms with Gasteiger partial charge >= 0.3 is 0 Å². The molecule has 1 atom stereocenters. The van der Waals surface area contributed by atoms with Crippen LogP contribution in [0, 0.1) is 6.92 Å². The quantitative estimate of drug-likeness (QED) is 0.233. The van der Waals surface area contributed by atoms with Crippen molar-refractivity contribution in [1.29, 1.82) is 0 Å². The maximum atomic E-state index is 14.4.